The highest BCUT2D eigenvalue weighted by molar-refractivity contribution is 5.57. The van der Waals surface area contributed by atoms with Crippen LogP contribution in [0.2, 0.25) is 0 Å². The van der Waals surface area contributed by atoms with Crippen molar-refractivity contribution in [2.45, 2.75) is 20.0 Å². The third-order valence-electron chi connectivity index (χ3n) is 3.02. The molecule has 0 aliphatic rings. The Hall–Kier alpha value is -1.86. The second-order valence-corrected chi connectivity index (χ2v) is 4.37. The topological polar surface area (TPSA) is 66.0 Å². The number of nitrogens with zero attached hydrogens (tertiary/aromatic N) is 3. The lowest BCUT2D eigenvalue weighted by atomic mass is 10.1. The lowest BCUT2D eigenvalue weighted by Gasteiger charge is -2.10. The Bertz CT molecular complexity index is 613. The molecule has 1 aromatic heterocycles. The van der Waals surface area contributed by atoms with E-state index in [1.54, 1.807) is 18.6 Å². The fraction of sp³-hybridized carbons (Fsp3) is 0.385. The minimum atomic E-state index is -0.678. The Morgan fingerprint density at radius 3 is 2.65 bits per heavy atom. The Kier molecular flexibility index (Phi) is 4.41. The van der Waals surface area contributed by atoms with Gasteiger partial charge in [-0.2, -0.15) is 0 Å². The minimum absolute atomic E-state index is 0.179. The number of nitrogens with two attached hydrogens (primary N) is 1. The van der Waals surface area contributed by atoms with Crippen molar-refractivity contribution in [3.63, 3.8) is 0 Å². The van der Waals surface area contributed by atoms with E-state index in [9.17, 15) is 8.78 Å². The molecular formula is C13H16F2N4O. The highest BCUT2D eigenvalue weighted by Gasteiger charge is 2.17. The smallest absolute Gasteiger partial charge is 0.167 e. The van der Waals surface area contributed by atoms with Gasteiger partial charge in [-0.15, -0.1) is 10.2 Å². The van der Waals surface area contributed by atoms with Gasteiger partial charge >= 0.3 is 0 Å². The maximum absolute atomic E-state index is 13.9. The number of ether oxygens (including phenoxy) is 1. The molecule has 0 saturated carbocycles. The summed E-state index contributed by atoms with van der Waals surface area (Å²) in [7, 11) is 1.56. The van der Waals surface area contributed by atoms with Gasteiger partial charge < -0.3 is 15.0 Å². The second kappa shape index (κ2) is 6.06. The van der Waals surface area contributed by atoms with E-state index in [0.717, 1.165) is 6.07 Å². The molecule has 0 amide bonds. The molecule has 1 aromatic carbocycles. The molecule has 0 radical (unpaired) electrons. The SMILES string of the molecule is COCCn1c(CN)nnc1-c1cc(C)c(F)cc1F. The molecule has 0 fully saturated rings. The van der Waals surface area contributed by atoms with Crippen molar-refractivity contribution in [1.29, 1.82) is 0 Å². The van der Waals surface area contributed by atoms with E-state index in [-0.39, 0.29) is 12.1 Å². The van der Waals surface area contributed by atoms with Crippen LogP contribution in [0, 0.1) is 18.6 Å². The summed E-state index contributed by atoms with van der Waals surface area (Å²) in [6, 6.07) is 2.26. The fourth-order valence-electron chi connectivity index (χ4n) is 1.93. The standard InChI is InChI=1S/C13H16F2N4O/c1-8-5-9(11(15)6-10(8)14)13-18-17-12(7-16)19(13)3-4-20-2/h5-6H,3-4,7,16H2,1-2H3. The number of halogens is 2. The number of hydrogen-bond acceptors (Lipinski definition) is 4. The van der Waals surface area contributed by atoms with Gasteiger partial charge in [-0.3, -0.25) is 0 Å². The molecule has 20 heavy (non-hydrogen) atoms. The number of benzene rings is 1. The normalized spacial score (nSPS) is 11.1. The third-order valence-corrected chi connectivity index (χ3v) is 3.02. The predicted octanol–water partition coefficient (Wildman–Crippen LogP) is 1.64. The van der Waals surface area contributed by atoms with Gasteiger partial charge in [0.1, 0.15) is 17.5 Å². The monoisotopic (exact) mass is 282 g/mol. The number of aryl methyl sites for hydroxylation is 1. The average Bonchev–Trinajstić information content (AvgIpc) is 2.83. The first kappa shape index (κ1) is 14.5. The van der Waals surface area contributed by atoms with E-state index in [1.165, 1.54) is 6.07 Å². The summed E-state index contributed by atoms with van der Waals surface area (Å²) in [6.45, 7) is 2.61. The molecule has 7 heteroatoms. The van der Waals surface area contributed by atoms with Crippen LogP contribution in [0.25, 0.3) is 11.4 Å². The van der Waals surface area contributed by atoms with E-state index in [2.05, 4.69) is 10.2 Å². The molecule has 5 nitrogen and oxygen atoms in total. The molecule has 0 saturated heterocycles. The second-order valence-electron chi connectivity index (χ2n) is 4.37. The van der Waals surface area contributed by atoms with Crippen LogP contribution in [-0.4, -0.2) is 28.5 Å². The fourth-order valence-corrected chi connectivity index (χ4v) is 1.93. The van der Waals surface area contributed by atoms with Gasteiger partial charge in [0, 0.05) is 19.7 Å². The number of aromatic nitrogens is 3. The van der Waals surface area contributed by atoms with Gasteiger partial charge in [0.2, 0.25) is 0 Å². The maximum Gasteiger partial charge on any atom is 0.167 e. The lowest BCUT2D eigenvalue weighted by molar-refractivity contribution is 0.186. The first-order chi connectivity index (χ1) is 9.58. The maximum atomic E-state index is 13.9. The van der Waals surface area contributed by atoms with E-state index in [1.807, 2.05) is 0 Å². The molecule has 0 bridgehead atoms. The van der Waals surface area contributed by atoms with E-state index < -0.39 is 11.6 Å². The minimum Gasteiger partial charge on any atom is -0.383 e. The summed E-state index contributed by atoms with van der Waals surface area (Å²) in [6.07, 6.45) is 0. The molecule has 108 valence electrons. The van der Waals surface area contributed by atoms with Crippen molar-refractivity contribution in [3.8, 4) is 11.4 Å². The third kappa shape index (κ3) is 2.68. The van der Waals surface area contributed by atoms with Gasteiger partial charge in [-0.25, -0.2) is 8.78 Å². The lowest BCUT2D eigenvalue weighted by Crippen LogP contribution is -2.13. The molecule has 0 unspecified atom stereocenters. The molecule has 2 aromatic rings. The summed E-state index contributed by atoms with van der Waals surface area (Å²) in [5.74, 6) is -0.419. The molecule has 2 rings (SSSR count). The summed E-state index contributed by atoms with van der Waals surface area (Å²) < 4.78 is 34.0. The molecule has 0 spiro atoms. The molecule has 0 aliphatic carbocycles. The van der Waals surface area contributed by atoms with Crippen LogP contribution in [-0.2, 0) is 17.8 Å². The molecule has 0 atom stereocenters. The molecule has 0 aliphatic heterocycles. The zero-order chi connectivity index (χ0) is 14.7. The van der Waals surface area contributed by atoms with Crippen LogP contribution < -0.4 is 5.73 Å². The van der Waals surface area contributed by atoms with E-state index in [4.69, 9.17) is 10.5 Å². The van der Waals surface area contributed by atoms with Crippen molar-refractivity contribution in [2.24, 2.45) is 5.73 Å². The molecule has 1 heterocycles. The average molecular weight is 282 g/mol. The van der Waals surface area contributed by atoms with Gasteiger partial charge in [-0.05, 0) is 18.6 Å². The van der Waals surface area contributed by atoms with Gasteiger partial charge in [0.05, 0.1) is 18.7 Å². The first-order valence-corrected chi connectivity index (χ1v) is 6.15. The highest BCUT2D eigenvalue weighted by Crippen LogP contribution is 2.24. The van der Waals surface area contributed by atoms with Crippen LogP contribution in [0.3, 0.4) is 0 Å². The predicted molar refractivity (Wildman–Crippen MR) is 69.9 cm³/mol. The summed E-state index contributed by atoms with van der Waals surface area (Å²) in [5, 5.41) is 7.89. The zero-order valence-corrected chi connectivity index (χ0v) is 11.4. The Labute approximate surface area is 115 Å². The Morgan fingerprint density at radius 2 is 2.00 bits per heavy atom. The number of hydrogen-bond donors (Lipinski definition) is 1. The van der Waals surface area contributed by atoms with Crippen molar-refractivity contribution in [1.82, 2.24) is 14.8 Å². The Balaban J connectivity index is 2.52. The van der Waals surface area contributed by atoms with Gasteiger partial charge in [0.15, 0.2) is 5.82 Å². The van der Waals surface area contributed by atoms with Crippen molar-refractivity contribution in [3.05, 3.63) is 35.2 Å². The van der Waals surface area contributed by atoms with Crippen LogP contribution in [0.4, 0.5) is 8.78 Å². The van der Waals surface area contributed by atoms with Crippen LogP contribution in [0.5, 0.6) is 0 Å². The first-order valence-electron chi connectivity index (χ1n) is 6.15. The summed E-state index contributed by atoms with van der Waals surface area (Å²) >= 11 is 0. The number of rotatable bonds is 5. The van der Waals surface area contributed by atoms with Gasteiger partial charge in [-0.1, -0.05) is 0 Å². The van der Waals surface area contributed by atoms with Crippen molar-refractivity contribution in [2.75, 3.05) is 13.7 Å². The quantitative estimate of drug-likeness (QED) is 0.905. The van der Waals surface area contributed by atoms with Crippen molar-refractivity contribution >= 4 is 0 Å². The molecular weight excluding hydrogens is 266 g/mol. The van der Waals surface area contributed by atoms with Crippen LogP contribution in [0.15, 0.2) is 12.1 Å². The van der Waals surface area contributed by atoms with E-state index in [0.29, 0.717) is 30.4 Å². The van der Waals surface area contributed by atoms with E-state index >= 15 is 0 Å². The highest BCUT2D eigenvalue weighted by atomic mass is 19.1. The van der Waals surface area contributed by atoms with Crippen molar-refractivity contribution < 1.29 is 13.5 Å². The number of methoxy groups -OCH3 is 1. The zero-order valence-electron chi connectivity index (χ0n) is 11.4. The summed E-state index contributed by atoms with van der Waals surface area (Å²) in [4.78, 5) is 0. The largest absolute Gasteiger partial charge is 0.383 e. The van der Waals surface area contributed by atoms with Crippen LogP contribution in [0.1, 0.15) is 11.4 Å². The Morgan fingerprint density at radius 1 is 1.25 bits per heavy atom. The van der Waals surface area contributed by atoms with Gasteiger partial charge in [0.25, 0.3) is 0 Å². The van der Waals surface area contributed by atoms with Crippen LogP contribution >= 0.6 is 0 Å². The molecule has 2 N–H and O–H groups in total. The summed E-state index contributed by atoms with van der Waals surface area (Å²) in [5.41, 5.74) is 6.13.